The molecule has 0 aliphatic rings. The third-order valence-corrected chi connectivity index (χ3v) is 4.38. The van der Waals surface area contributed by atoms with E-state index in [0.717, 1.165) is 16.8 Å². The number of urea groups is 1. The summed E-state index contributed by atoms with van der Waals surface area (Å²) >= 11 is 0. The zero-order valence-electron chi connectivity index (χ0n) is 17.5. The van der Waals surface area contributed by atoms with Gasteiger partial charge in [-0.1, -0.05) is 30.3 Å². The first kappa shape index (κ1) is 24.6. The Hall–Kier alpha value is -3.62. The Bertz CT molecular complexity index is 1030. The zero-order chi connectivity index (χ0) is 22.1. The zero-order valence-corrected chi connectivity index (χ0v) is 18.3. The lowest BCUT2D eigenvalue weighted by Gasteiger charge is -2.13. The number of nitrogens with two attached hydrogens (primary N) is 1. The molecule has 2 aromatic carbocycles. The first-order valence-electron chi connectivity index (χ1n) is 9.66. The highest BCUT2D eigenvalue weighted by atomic mass is 35.5. The van der Waals surface area contributed by atoms with Gasteiger partial charge in [-0.05, 0) is 47.5 Å². The first-order valence-corrected chi connectivity index (χ1v) is 9.66. The van der Waals surface area contributed by atoms with Crippen LogP contribution in [0.25, 0.3) is 11.1 Å². The van der Waals surface area contributed by atoms with Gasteiger partial charge in [-0.3, -0.25) is 9.78 Å². The van der Waals surface area contributed by atoms with Crippen molar-refractivity contribution in [2.45, 2.75) is 12.6 Å². The number of halogens is 1. The van der Waals surface area contributed by atoms with Crippen LogP contribution in [-0.4, -0.2) is 36.7 Å². The second-order valence-electron chi connectivity index (χ2n) is 6.68. The molecule has 0 radical (unpaired) electrons. The number of amides is 2. The number of hydrogen-bond donors (Lipinski definition) is 3. The molecule has 168 valence electrons. The van der Waals surface area contributed by atoms with Gasteiger partial charge in [-0.25, -0.2) is 4.79 Å². The summed E-state index contributed by atoms with van der Waals surface area (Å²) in [5.41, 5.74) is 8.91. The normalized spacial score (nSPS) is 10.9. The number of rotatable bonds is 8. The molecule has 8 nitrogen and oxygen atoms in total. The van der Waals surface area contributed by atoms with Crippen LogP contribution in [-0.2, 0) is 16.1 Å². The summed E-state index contributed by atoms with van der Waals surface area (Å²) in [5, 5.41) is 5.59. The van der Waals surface area contributed by atoms with Gasteiger partial charge < -0.3 is 25.8 Å². The SMILES string of the molecule is COC(=O)[C@@H](N)COc1cccc(-c2cccc(NC(=O)NCc3ccccn3)c2)c1.Cl. The number of hydrogen-bond acceptors (Lipinski definition) is 6. The van der Waals surface area contributed by atoms with Gasteiger partial charge in [-0.15, -0.1) is 12.4 Å². The summed E-state index contributed by atoms with van der Waals surface area (Å²) in [4.78, 5) is 27.8. The highest BCUT2D eigenvalue weighted by Crippen LogP contribution is 2.26. The largest absolute Gasteiger partial charge is 0.491 e. The number of carbonyl (C=O) groups is 2. The highest BCUT2D eigenvalue weighted by molar-refractivity contribution is 5.90. The maximum atomic E-state index is 12.2. The van der Waals surface area contributed by atoms with Crippen molar-refractivity contribution in [3.05, 3.63) is 78.6 Å². The van der Waals surface area contributed by atoms with Gasteiger partial charge in [0, 0.05) is 11.9 Å². The van der Waals surface area contributed by atoms with Crippen molar-refractivity contribution in [1.29, 1.82) is 0 Å². The molecule has 9 heteroatoms. The molecule has 1 heterocycles. The molecule has 4 N–H and O–H groups in total. The number of ether oxygens (including phenoxy) is 2. The Morgan fingerprint density at radius 2 is 1.78 bits per heavy atom. The predicted molar refractivity (Wildman–Crippen MR) is 125 cm³/mol. The molecule has 1 atom stereocenters. The fourth-order valence-corrected chi connectivity index (χ4v) is 2.80. The lowest BCUT2D eigenvalue weighted by atomic mass is 10.0. The van der Waals surface area contributed by atoms with E-state index >= 15 is 0 Å². The van der Waals surface area contributed by atoms with Crippen molar-refractivity contribution in [3.63, 3.8) is 0 Å². The minimum absolute atomic E-state index is 0. The summed E-state index contributed by atoms with van der Waals surface area (Å²) in [6.07, 6.45) is 1.68. The predicted octanol–water partition coefficient (Wildman–Crippen LogP) is 3.37. The summed E-state index contributed by atoms with van der Waals surface area (Å²) in [6, 6.07) is 19.2. The molecule has 0 bridgehead atoms. The van der Waals surface area contributed by atoms with Gasteiger partial charge in [0.1, 0.15) is 18.4 Å². The van der Waals surface area contributed by atoms with Crippen molar-refractivity contribution >= 4 is 30.1 Å². The van der Waals surface area contributed by atoms with Crippen LogP contribution >= 0.6 is 12.4 Å². The Labute approximate surface area is 192 Å². The maximum absolute atomic E-state index is 12.2. The Balaban J connectivity index is 0.00000363. The van der Waals surface area contributed by atoms with Gasteiger partial charge in [0.15, 0.2) is 0 Å². The van der Waals surface area contributed by atoms with E-state index in [2.05, 4.69) is 20.4 Å². The minimum Gasteiger partial charge on any atom is -0.491 e. The molecule has 3 aromatic rings. The second kappa shape index (κ2) is 12.3. The molecule has 32 heavy (non-hydrogen) atoms. The molecule has 0 saturated carbocycles. The average Bonchev–Trinajstić information content (AvgIpc) is 2.81. The van der Waals surface area contributed by atoms with Crippen LogP contribution in [0, 0.1) is 0 Å². The smallest absolute Gasteiger partial charge is 0.326 e. The van der Waals surface area contributed by atoms with Gasteiger partial charge in [0.25, 0.3) is 0 Å². The Morgan fingerprint density at radius 3 is 2.50 bits per heavy atom. The summed E-state index contributed by atoms with van der Waals surface area (Å²) < 4.78 is 10.2. The van der Waals surface area contributed by atoms with Crippen LogP contribution < -0.4 is 21.1 Å². The van der Waals surface area contributed by atoms with Crippen LogP contribution in [0.3, 0.4) is 0 Å². The summed E-state index contributed by atoms with van der Waals surface area (Å²) in [7, 11) is 1.28. The third-order valence-electron chi connectivity index (χ3n) is 4.38. The van der Waals surface area contributed by atoms with Gasteiger partial charge in [0.05, 0.1) is 19.3 Å². The first-order chi connectivity index (χ1) is 15.0. The van der Waals surface area contributed by atoms with Crippen LogP contribution in [0.4, 0.5) is 10.5 Å². The number of aromatic nitrogens is 1. The van der Waals surface area contributed by atoms with E-state index in [1.165, 1.54) is 7.11 Å². The number of nitrogens with zero attached hydrogens (tertiary/aromatic N) is 1. The lowest BCUT2D eigenvalue weighted by Crippen LogP contribution is -2.37. The summed E-state index contributed by atoms with van der Waals surface area (Å²) in [5.74, 6) is 0.0413. The van der Waals surface area contributed by atoms with Crippen LogP contribution in [0.1, 0.15) is 5.69 Å². The van der Waals surface area contributed by atoms with Crippen LogP contribution in [0.15, 0.2) is 72.9 Å². The topological polar surface area (TPSA) is 116 Å². The standard InChI is InChI=1S/C23H24N4O4.ClH/c1-30-22(28)21(24)15-31-20-10-5-7-17(13-20)16-6-4-9-18(12-16)27-23(29)26-14-19-8-2-3-11-25-19;/h2-13,21H,14-15,24H2,1H3,(H2,26,27,29);1H/t21-;/m0./s1. The lowest BCUT2D eigenvalue weighted by molar-refractivity contribution is -0.142. The second-order valence-corrected chi connectivity index (χ2v) is 6.68. The Kier molecular flexibility index (Phi) is 9.46. The molecule has 0 aliphatic carbocycles. The van der Waals surface area contributed by atoms with E-state index in [4.69, 9.17) is 10.5 Å². The van der Waals surface area contributed by atoms with Gasteiger partial charge >= 0.3 is 12.0 Å². The maximum Gasteiger partial charge on any atom is 0.326 e. The van der Waals surface area contributed by atoms with Crippen molar-refractivity contribution in [2.75, 3.05) is 19.0 Å². The molecule has 3 rings (SSSR count). The van der Waals surface area contributed by atoms with E-state index in [0.29, 0.717) is 18.0 Å². The Morgan fingerprint density at radius 1 is 1.03 bits per heavy atom. The number of anilines is 1. The van der Waals surface area contributed by atoms with E-state index in [-0.39, 0.29) is 25.0 Å². The van der Waals surface area contributed by atoms with Gasteiger partial charge in [-0.2, -0.15) is 0 Å². The molecule has 0 fully saturated rings. The monoisotopic (exact) mass is 456 g/mol. The molecule has 1 aromatic heterocycles. The van der Waals surface area contributed by atoms with E-state index in [1.54, 1.807) is 18.3 Å². The molecule has 0 unspecified atom stereocenters. The fraction of sp³-hybridized carbons (Fsp3) is 0.174. The number of esters is 1. The molecule has 2 amide bonds. The van der Waals surface area contributed by atoms with Crippen molar-refractivity contribution < 1.29 is 19.1 Å². The van der Waals surface area contributed by atoms with Crippen molar-refractivity contribution in [3.8, 4) is 16.9 Å². The molecule has 0 spiro atoms. The van der Waals surface area contributed by atoms with Gasteiger partial charge in [0.2, 0.25) is 0 Å². The minimum atomic E-state index is -0.856. The van der Waals surface area contributed by atoms with E-state index < -0.39 is 12.0 Å². The van der Waals surface area contributed by atoms with Crippen molar-refractivity contribution in [2.24, 2.45) is 5.73 Å². The molecular weight excluding hydrogens is 432 g/mol. The number of pyridine rings is 1. The fourth-order valence-electron chi connectivity index (χ4n) is 2.80. The molecule has 0 aliphatic heterocycles. The molecular formula is C23H25ClN4O4. The number of benzene rings is 2. The third kappa shape index (κ3) is 7.26. The van der Waals surface area contributed by atoms with Crippen LogP contribution in [0.2, 0.25) is 0 Å². The average molecular weight is 457 g/mol. The number of carbonyl (C=O) groups excluding carboxylic acids is 2. The quantitative estimate of drug-likeness (QED) is 0.447. The molecule has 0 saturated heterocycles. The highest BCUT2D eigenvalue weighted by Gasteiger charge is 2.14. The van der Waals surface area contributed by atoms with Crippen LogP contribution in [0.5, 0.6) is 5.75 Å². The summed E-state index contributed by atoms with van der Waals surface area (Å²) in [6.45, 7) is 0.341. The van der Waals surface area contributed by atoms with E-state index in [1.807, 2.05) is 54.6 Å². The van der Waals surface area contributed by atoms with E-state index in [9.17, 15) is 9.59 Å². The van der Waals surface area contributed by atoms with Crippen molar-refractivity contribution in [1.82, 2.24) is 10.3 Å². The number of nitrogens with one attached hydrogen (secondary N) is 2. The number of methoxy groups -OCH3 is 1.